The molecule has 120 valence electrons. The largest absolute Gasteiger partial charge is 0.378 e. The van der Waals surface area contributed by atoms with Crippen molar-refractivity contribution in [3.8, 4) is 0 Å². The lowest BCUT2D eigenvalue weighted by Crippen LogP contribution is -2.44. The maximum atomic E-state index is 5.32. The van der Waals surface area contributed by atoms with Crippen molar-refractivity contribution < 1.29 is 4.74 Å². The van der Waals surface area contributed by atoms with Gasteiger partial charge in [-0.25, -0.2) is 4.98 Å². The first-order chi connectivity index (χ1) is 10.2. The first-order valence-corrected chi connectivity index (χ1v) is 9.60. The molecular weight excluding hydrogens is 302 g/mol. The molecule has 1 aliphatic heterocycles. The Kier molecular flexibility index (Phi) is 6.79. The number of hydrogen-bond acceptors (Lipinski definition) is 6. The number of thiazole rings is 1. The fraction of sp³-hybridized carbons (Fsp3) is 0.800. The van der Waals surface area contributed by atoms with Crippen LogP contribution in [0.1, 0.15) is 37.8 Å². The summed E-state index contributed by atoms with van der Waals surface area (Å²) in [5.41, 5.74) is 1.10. The molecule has 1 N–H and O–H groups in total. The summed E-state index contributed by atoms with van der Waals surface area (Å²) in [6.45, 7) is 10.5. The molecule has 0 saturated carbocycles. The van der Waals surface area contributed by atoms with E-state index < -0.39 is 0 Å². The van der Waals surface area contributed by atoms with E-state index in [1.165, 1.54) is 10.6 Å². The predicted octanol–water partition coefficient (Wildman–Crippen LogP) is 3.12. The summed E-state index contributed by atoms with van der Waals surface area (Å²) in [5, 5.41) is 5.30. The molecule has 0 bridgehead atoms. The lowest BCUT2D eigenvalue weighted by molar-refractivity contribution is 0.181. The Morgan fingerprint density at radius 1 is 1.43 bits per heavy atom. The van der Waals surface area contributed by atoms with Gasteiger partial charge in [0, 0.05) is 42.1 Å². The average Bonchev–Trinajstić information content (AvgIpc) is 2.86. The quantitative estimate of drug-likeness (QED) is 0.778. The van der Waals surface area contributed by atoms with E-state index in [4.69, 9.17) is 9.72 Å². The van der Waals surface area contributed by atoms with E-state index in [9.17, 15) is 0 Å². The van der Waals surface area contributed by atoms with Crippen LogP contribution in [0.15, 0.2) is 0 Å². The standard InChI is InChI=1S/C15H27N3OS2/c1-5-6-16-9-14-13(10-19-4)17-15(21-14)18-7-8-20-12(3)11(18)2/h11-12,16H,5-10H2,1-4H3. The molecule has 6 heteroatoms. The molecule has 0 spiro atoms. The molecule has 0 amide bonds. The first-order valence-electron chi connectivity index (χ1n) is 7.73. The number of rotatable bonds is 7. The second-order valence-corrected chi connectivity index (χ2v) is 8.03. The Hall–Kier alpha value is -0.300. The highest BCUT2D eigenvalue weighted by molar-refractivity contribution is 8.00. The van der Waals surface area contributed by atoms with Gasteiger partial charge in [-0.15, -0.1) is 11.3 Å². The number of nitrogens with one attached hydrogen (secondary N) is 1. The van der Waals surface area contributed by atoms with E-state index in [1.54, 1.807) is 7.11 Å². The van der Waals surface area contributed by atoms with Gasteiger partial charge in [0.1, 0.15) is 0 Å². The van der Waals surface area contributed by atoms with Crippen molar-refractivity contribution in [3.05, 3.63) is 10.6 Å². The minimum absolute atomic E-state index is 0.543. The van der Waals surface area contributed by atoms with Gasteiger partial charge in [0.2, 0.25) is 0 Å². The van der Waals surface area contributed by atoms with Crippen LogP contribution in [0.25, 0.3) is 0 Å². The van der Waals surface area contributed by atoms with Gasteiger partial charge in [-0.3, -0.25) is 0 Å². The van der Waals surface area contributed by atoms with Crippen molar-refractivity contribution >= 4 is 28.2 Å². The molecule has 0 aromatic carbocycles. The van der Waals surface area contributed by atoms with Gasteiger partial charge in [-0.2, -0.15) is 11.8 Å². The summed E-state index contributed by atoms with van der Waals surface area (Å²) in [4.78, 5) is 8.64. The van der Waals surface area contributed by atoms with Crippen molar-refractivity contribution in [2.75, 3.05) is 30.9 Å². The van der Waals surface area contributed by atoms with Gasteiger partial charge in [0.25, 0.3) is 0 Å². The Balaban J connectivity index is 2.13. The van der Waals surface area contributed by atoms with Crippen LogP contribution in [0.3, 0.4) is 0 Å². The lowest BCUT2D eigenvalue weighted by Gasteiger charge is -2.37. The van der Waals surface area contributed by atoms with E-state index in [2.05, 4.69) is 42.7 Å². The summed E-state index contributed by atoms with van der Waals surface area (Å²) < 4.78 is 5.32. The summed E-state index contributed by atoms with van der Waals surface area (Å²) in [7, 11) is 1.74. The van der Waals surface area contributed by atoms with Crippen LogP contribution >= 0.6 is 23.1 Å². The van der Waals surface area contributed by atoms with E-state index >= 15 is 0 Å². The van der Waals surface area contributed by atoms with Crippen molar-refractivity contribution in [3.63, 3.8) is 0 Å². The highest BCUT2D eigenvalue weighted by Gasteiger charge is 2.28. The highest BCUT2D eigenvalue weighted by atomic mass is 32.2. The molecule has 0 radical (unpaired) electrons. The molecule has 1 fully saturated rings. The number of thioether (sulfide) groups is 1. The Bertz CT molecular complexity index is 439. The third-order valence-electron chi connectivity index (χ3n) is 3.89. The summed E-state index contributed by atoms with van der Waals surface area (Å²) >= 11 is 3.89. The Labute approximate surface area is 136 Å². The van der Waals surface area contributed by atoms with Crippen molar-refractivity contribution in [1.82, 2.24) is 10.3 Å². The van der Waals surface area contributed by atoms with E-state index in [0.29, 0.717) is 17.9 Å². The summed E-state index contributed by atoms with van der Waals surface area (Å²) in [6, 6.07) is 0.543. The molecular formula is C15H27N3OS2. The topological polar surface area (TPSA) is 37.4 Å². The molecule has 1 saturated heterocycles. The van der Waals surface area contributed by atoms with Crippen LogP contribution in [0.5, 0.6) is 0 Å². The molecule has 2 heterocycles. The fourth-order valence-electron chi connectivity index (χ4n) is 2.46. The van der Waals surface area contributed by atoms with Gasteiger partial charge in [0.15, 0.2) is 5.13 Å². The Morgan fingerprint density at radius 2 is 2.24 bits per heavy atom. The lowest BCUT2D eigenvalue weighted by atomic mass is 10.2. The predicted molar refractivity (Wildman–Crippen MR) is 93.6 cm³/mol. The van der Waals surface area contributed by atoms with Crippen LogP contribution in [-0.2, 0) is 17.9 Å². The zero-order chi connectivity index (χ0) is 15.2. The molecule has 1 aromatic rings. The van der Waals surface area contributed by atoms with Crippen LogP contribution in [0, 0.1) is 0 Å². The van der Waals surface area contributed by atoms with Gasteiger partial charge in [-0.1, -0.05) is 13.8 Å². The van der Waals surface area contributed by atoms with Crippen molar-refractivity contribution in [2.24, 2.45) is 0 Å². The van der Waals surface area contributed by atoms with Crippen LogP contribution in [0.4, 0.5) is 5.13 Å². The fourth-order valence-corrected chi connectivity index (χ4v) is 4.71. The molecule has 21 heavy (non-hydrogen) atoms. The van der Waals surface area contributed by atoms with Gasteiger partial charge in [-0.05, 0) is 19.9 Å². The van der Waals surface area contributed by atoms with E-state index in [0.717, 1.165) is 36.9 Å². The average molecular weight is 330 g/mol. The third-order valence-corrected chi connectivity index (χ3v) is 6.36. The smallest absolute Gasteiger partial charge is 0.186 e. The summed E-state index contributed by atoms with van der Waals surface area (Å²) in [6.07, 6.45) is 1.16. The molecule has 1 aliphatic rings. The zero-order valence-electron chi connectivity index (χ0n) is 13.5. The SMILES string of the molecule is CCCNCc1sc(N2CCSC(C)C2C)nc1COC. The van der Waals surface area contributed by atoms with Gasteiger partial charge < -0.3 is 15.0 Å². The number of nitrogens with zero attached hydrogens (tertiary/aromatic N) is 2. The van der Waals surface area contributed by atoms with E-state index in [-0.39, 0.29) is 0 Å². The second kappa shape index (κ2) is 8.36. The number of hydrogen-bond donors (Lipinski definition) is 1. The first kappa shape index (κ1) is 17.1. The molecule has 2 unspecified atom stereocenters. The zero-order valence-corrected chi connectivity index (χ0v) is 15.1. The van der Waals surface area contributed by atoms with Gasteiger partial charge in [0.05, 0.1) is 12.3 Å². The van der Waals surface area contributed by atoms with E-state index in [1.807, 2.05) is 11.3 Å². The third kappa shape index (κ3) is 4.34. The van der Waals surface area contributed by atoms with Crippen LogP contribution < -0.4 is 10.2 Å². The van der Waals surface area contributed by atoms with Crippen LogP contribution in [-0.4, -0.2) is 42.2 Å². The van der Waals surface area contributed by atoms with Crippen molar-refractivity contribution in [1.29, 1.82) is 0 Å². The van der Waals surface area contributed by atoms with Crippen molar-refractivity contribution in [2.45, 2.75) is 51.6 Å². The molecule has 2 rings (SSSR count). The maximum Gasteiger partial charge on any atom is 0.186 e. The number of methoxy groups -OCH3 is 1. The molecule has 4 nitrogen and oxygen atoms in total. The number of aromatic nitrogens is 1. The van der Waals surface area contributed by atoms with Crippen LogP contribution in [0.2, 0.25) is 0 Å². The molecule has 2 atom stereocenters. The molecule has 1 aromatic heterocycles. The number of anilines is 1. The normalized spacial score (nSPS) is 22.8. The molecule has 0 aliphatic carbocycles. The van der Waals surface area contributed by atoms with Gasteiger partial charge >= 0.3 is 0 Å². The highest BCUT2D eigenvalue weighted by Crippen LogP contribution is 2.33. The monoisotopic (exact) mass is 329 g/mol. The summed E-state index contributed by atoms with van der Waals surface area (Å²) in [5.74, 6) is 1.19. The second-order valence-electron chi connectivity index (χ2n) is 5.49. The number of ether oxygens (including phenoxy) is 1. The minimum Gasteiger partial charge on any atom is -0.378 e. The maximum absolute atomic E-state index is 5.32. The minimum atomic E-state index is 0.543. The Morgan fingerprint density at radius 3 is 2.95 bits per heavy atom.